The molecule has 3 aromatic rings. The Labute approximate surface area is 248 Å². The minimum atomic E-state index is -3.38. The molecular weight excluding hydrogens is 622 g/mol. The Hall–Kier alpha value is -3.74. The van der Waals surface area contributed by atoms with Crippen LogP contribution in [-0.4, -0.2) is 58.2 Å². The number of hydrogen-bond acceptors (Lipinski definition) is 4. The zero-order valence-electron chi connectivity index (χ0n) is 23.1. The molecular formula is C29H30BrF4N5O3. The highest BCUT2D eigenvalue weighted by molar-refractivity contribution is 9.10. The molecule has 8 nitrogen and oxygen atoms in total. The van der Waals surface area contributed by atoms with E-state index in [9.17, 15) is 27.6 Å². The number of hydrogen-bond donors (Lipinski definition) is 2. The zero-order valence-corrected chi connectivity index (χ0v) is 24.7. The number of benzene rings is 2. The van der Waals surface area contributed by atoms with E-state index in [2.05, 4.69) is 31.7 Å². The summed E-state index contributed by atoms with van der Waals surface area (Å²) in [5.74, 6) is -4.55. The molecule has 224 valence electrons. The number of carbonyl (C=O) groups excluding carboxylic acids is 3. The van der Waals surface area contributed by atoms with Gasteiger partial charge < -0.3 is 15.5 Å². The van der Waals surface area contributed by atoms with E-state index in [1.54, 1.807) is 0 Å². The van der Waals surface area contributed by atoms with Crippen molar-refractivity contribution >= 4 is 39.3 Å². The zero-order chi connectivity index (χ0) is 30.7. The fraction of sp³-hybridized carbons (Fsp3) is 0.379. The molecule has 0 bridgehead atoms. The largest absolute Gasteiger partial charge is 0.338 e. The van der Waals surface area contributed by atoms with Crippen LogP contribution >= 0.6 is 15.9 Å². The van der Waals surface area contributed by atoms with Crippen LogP contribution in [0.15, 0.2) is 53.1 Å². The highest BCUT2D eigenvalue weighted by Crippen LogP contribution is 2.38. The number of amides is 3. The minimum Gasteiger partial charge on any atom is -0.338 e. The molecule has 3 amide bonds. The molecule has 1 aromatic heterocycles. The predicted molar refractivity (Wildman–Crippen MR) is 151 cm³/mol. The monoisotopic (exact) mass is 651 g/mol. The number of fused-ring (bicyclic) bond motifs is 1. The van der Waals surface area contributed by atoms with Crippen LogP contribution < -0.4 is 10.6 Å². The fourth-order valence-corrected chi connectivity index (χ4v) is 5.52. The Bertz CT molecular complexity index is 1480. The van der Waals surface area contributed by atoms with Crippen LogP contribution in [0.3, 0.4) is 0 Å². The van der Waals surface area contributed by atoms with Gasteiger partial charge in [0, 0.05) is 30.2 Å². The molecule has 1 aliphatic rings. The third kappa shape index (κ3) is 6.50. The van der Waals surface area contributed by atoms with E-state index in [1.165, 1.54) is 36.0 Å². The number of halogens is 5. The summed E-state index contributed by atoms with van der Waals surface area (Å²) in [5.41, 5.74) is 2.09. The van der Waals surface area contributed by atoms with Gasteiger partial charge in [0.25, 0.3) is 12.3 Å². The van der Waals surface area contributed by atoms with Gasteiger partial charge in [-0.2, -0.15) is 5.10 Å². The van der Waals surface area contributed by atoms with Crippen LogP contribution in [0, 0.1) is 5.82 Å². The van der Waals surface area contributed by atoms with Crippen LogP contribution in [0.1, 0.15) is 59.3 Å². The van der Waals surface area contributed by atoms with Crippen LogP contribution in [-0.2, 0) is 22.6 Å². The van der Waals surface area contributed by atoms with E-state index in [1.807, 2.05) is 25.1 Å². The van der Waals surface area contributed by atoms with Gasteiger partial charge >= 0.3 is 0 Å². The van der Waals surface area contributed by atoms with E-state index in [0.717, 1.165) is 28.7 Å². The summed E-state index contributed by atoms with van der Waals surface area (Å²) in [4.78, 5) is 39.7. The van der Waals surface area contributed by atoms with Gasteiger partial charge in [0.2, 0.25) is 18.1 Å². The third-order valence-electron chi connectivity index (χ3n) is 7.50. The van der Waals surface area contributed by atoms with E-state index in [0.29, 0.717) is 19.4 Å². The van der Waals surface area contributed by atoms with E-state index >= 15 is 4.39 Å². The van der Waals surface area contributed by atoms with Crippen molar-refractivity contribution in [2.24, 2.45) is 0 Å². The molecule has 2 aromatic carbocycles. The molecule has 4 atom stereocenters. The summed E-state index contributed by atoms with van der Waals surface area (Å²) in [6.07, 6.45) is -3.44. The molecule has 1 aliphatic carbocycles. The van der Waals surface area contributed by atoms with Crippen LogP contribution in [0.5, 0.6) is 0 Å². The van der Waals surface area contributed by atoms with Crippen molar-refractivity contribution in [2.75, 3.05) is 12.4 Å². The lowest BCUT2D eigenvalue weighted by molar-refractivity contribution is -0.143. The maximum Gasteiger partial charge on any atom is 0.287 e. The summed E-state index contributed by atoms with van der Waals surface area (Å²) in [6, 6.07) is 9.78. The Morgan fingerprint density at radius 2 is 1.88 bits per heavy atom. The van der Waals surface area contributed by atoms with Crippen molar-refractivity contribution < 1.29 is 31.9 Å². The second-order valence-electron chi connectivity index (χ2n) is 10.1. The molecule has 2 N–H and O–H groups in total. The Morgan fingerprint density at radius 1 is 1.14 bits per heavy atom. The number of likely N-dealkylation sites (N-methyl/N-ethyl adjacent to an activating group) is 1. The average molecular weight is 652 g/mol. The molecule has 0 saturated carbocycles. The summed E-state index contributed by atoms with van der Waals surface area (Å²) in [5, 5.41) is 9.47. The number of nitrogens with one attached hydrogen (secondary N) is 2. The number of rotatable bonds is 10. The summed E-state index contributed by atoms with van der Waals surface area (Å²) in [6.45, 7) is 3.60. The molecule has 1 heterocycles. The van der Waals surface area contributed by atoms with Crippen molar-refractivity contribution in [2.45, 2.75) is 63.8 Å². The SMILES string of the molecule is CCn1nccc1C(=O)N[C@H](C(=O)Nc1ccc(C(C)C(=O)N(C)C(F)C(F)F)cc1F)[C@H]1CCc2ccc(Br)cc21. The molecule has 0 radical (unpaired) electrons. The van der Waals surface area contributed by atoms with Crippen molar-refractivity contribution in [3.05, 3.63) is 81.3 Å². The lowest BCUT2D eigenvalue weighted by atomic mass is 9.92. The van der Waals surface area contributed by atoms with Gasteiger partial charge in [-0.25, -0.2) is 17.6 Å². The van der Waals surface area contributed by atoms with Gasteiger partial charge in [-0.1, -0.05) is 28.1 Å². The summed E-state index contributed by atoms with van der Waals surface area (Å²) >= 11 is 3.46. The van der Waals surface area contributed by atoms with Crippen molar-refractivity contribution in [1.29, 1.82) is 0 Å². The molecule has 0 aliphatic heterocycles. The quantitative estimate of drug-likeness (QED) is 0.227. The second kappa shape index (κ2) is 13.1. The minimum absolute atomic E-state index is 0.107. The lowest BCUT2D eigenvalue weighted by Gasteiger charge is -2.26. The fourth-order valence-electron chi connectivity index (χ4n) is 5.14. The third-order valence-corrected chi connectivity index (χ3v) is 7.99. The van der Waals surface area contributed by atoms with Gasteiger partial charge in [-0.05, 0) is 73.7 Å². The van der Waals surface area contributed by atoms with Gasteiger partial charge in [0.1, 0.15) is 17.6 Å². The maximum absolute atomic E-state index is 15.2. The molecule has 0 fully saturated rings. The van der Waals surface area contributed by atoms with Gasteiger partial charge in [0.15, 0.2) is 0 Å². The highest BCUT2D eigenvalue weighted by atomic mass is 79.9. The number of aromatic nitrogens is 2. The number of alkyl halides is 3. The smallest absolute Gasteiger partial charge is 0.287 e. The molecule has 0 spiro atoms. The Balaban J connectivity index is 1.58. The van der Waals surface area contributed by atoms with Gasteiger partial charge in [-0.15, -0.1) is 0 Å². The standard InChI is InChI=1S/C29H30BrF4N5O3/c1-4-39-23(11-12-35-39)27(40)37-24(19-9-6-16-5-8-18(30)14-20(16)19)28(41)36-22-10-7-17(13-21(22)31)15(2)29(42)38(3)26(34)25(32)33/h5,7-8,10-15,19,24-26H,4,6,9H2,1-3H3,(H,36,41)(H,37,40)/t15?,19-,24-,26?/m0/s1. The van der Waals surface area contributed by atoms with Crippen molar-refractivity contribution in [1.82, 2.24) is 20.0 Å². The normalized spacial score (nSPS) is 16.5. The Kier molecular flexibility index (Phi) is 9.70. The van der Waals surface area contributed by atoms with E-state index in [-0.39, 0.29) is 21.8 Å². The summed E-state index contributed by atoms with van der Waals surface area (Å²) < 4.78 is 56.6. The molecule has 4 rings (SSSR count). The first-order chi connectivity index (χ1) is 19.9. The first kappa shape index (κ1) is 31.2. The van der Waals surface area contributed by atoms with E-state index < -0.39 is 54.1 Å². The van der Waals surface area contributed by atoms with Crippen molar-refractivity contribution in [3.8, 4) is 0 Å². The Morgan fingerprint density at radius 3 is 2.55 bits per heavy atom. The maximum atomic E-state index is 15.2. The average Bonchev–Trinajstić information content (AvgIpc) is 3.62. The number of carbonyl (C=O) groups is 3. The first-order valence-electron chi connectivity index (χ1n) is 13.3. The highest BCUT2D eigenvalue weighted by Gasteiger charge is 2.37. The first-order valence-corrected chi connectivity index (χ1v) is 14.1. The second-order valence-corrected chi connectivity index (χ2v) is 11.0. The van der Waals surface area contributed by atoms with Crippen LogP contribution in [0.25, 0.3) is 0 Å². The van der Waals surface area contributed by atoms with Crippen LogP contribution in [0.4, 0.5) is 23.2 Å². The molecule has 2 unspecified atom stereocenters. The van der Waals surface area contributed by atoms with Crippen LogP contribution in [0.2, 0.25) is 0 Å². The number of aryl methyl sites for hydroxylation is 2. The summed E-state index contributed by atoms with van der Waals surface area (Å²) in [7, 11) is 0.905. The predicted octanol–water partition coefficient (Wildman–Crippen LogP) is 5.39. The van der Waals surface area contributed by atoms with Gasteiger partial charge in [0.05, 0.1) is 11.6 Å². The lowest BCUT2D eigenvalue weighted by Crippen LogP contribution is -2.47. The number of nitrogens with zero attached hydrogens (tertiary/aromatic N) is 3. The van der Waals surface area contributed by atoms with Gasteiger partial charge in [-0.3, -0.25) is 19.1 Å². The molecule has 13 heteroatoms. The van der Waals surface area contributed by atoms with Crippen molar-refractivity contribution in [3.63, 3.8) is 0 Å². The molecule has 0 saturated heterocycles. The topological polar surface area (TPSA) is 96.3 Å². The number of anilines is 1. The molecule has 42 heavy (non-hydrogen) atoms. The van der Waals surface area contributed by atoms with E-state index in [4.69, 9.17) is 0 Å².